The molecule has 0 atom stereocenters. The van der Waals surface area contributed by atoms with Crippen molar-refractivity contribution < 1.29 is 4.79 Å². The standard InChI is InChI=1S/C10H11BrOS/c11-9-6-13-5-8(9)10(12)7-3-1-2-4-7/h5-7H,1-4H2. The second-order valence-electron chi connectivity index (χ2n) is 3.48. The van der Waals surface area contributed by atoms with Crippen molar-refractivity contribution >= 4 is 33.0 Å². The Morgan fingerprint density at radius 3 is 2.62 bits per heavy atom. The van der Waals surface area contributed by atoms with Gasteiger partial charge < -0.3 is 0 Å². The zero-order valence-corrected chi connectivity index (χ0v) is 9.66. The molecule has 0 radical (unpaired) electrons. The average Bonchev–Trinajstić information content (AvgIpc) is 2.72. The van der Waals surface area contributed by atoms with Gasteiger partial charge in [-0.1, -0.05) is 12.8 Å². The fourth-order valence-corrected chi connectivity index (χ4v) is 3.34. The normalized spacial score (nSPS) is 17.9. The molecule has 0 bridgehead atoms. The summed E-state index contributed by atoms with van der Waals surface area (Å²) in [5.74, 6) is 0.636. The third-order valence-corrected chi connectivity index (χ3v) is 4.31. The minimum Gasteiger partial charge on any atom is -0.294 e. The van der Waals surface area contributed by atoms with Gasteiger partial charge in [-0.15, -0.1) is 0 Å². The summed E-state index contributed by atoms with van der Waals surface area (Å²) in [5.41, 5.74) is 0.886. The lowest BCUT2D eigenvalue weighted by atomic mass is 9.98. The third-order valence-electron chi connectivity index (χ3n) is 2.61. The average molecular weight is 259 g/mol. The van der Waals surface area contributed by atoms with Crippen molar-refractivity contribution in [2.75, 3.05) is 0 Å². The third kappa shape index (κ3) is 1.86. The number of rotatable bonds is 2. The van der Waals surface area contributed by atoms with E-state index in [1.807, 2.05) is 10.8 Å². The van der Waals surface area contributed by atoms with Gasteiger partial charge in [0.05, 0.1) is 0 Å². The number of ketones is 1. The van der Waals surface area contributed by atoms with Crippen molar-refractivity contribution in [1.29, 1.82) is 0 Å². The SMILES string of the molecule is O=C(c1cscc1Br)C1CCCC1. The van der Waals surface area contributed by atoms with Crippen LogP contribution in [0.4, 0.5) is 0 Å². The van der Waals surface area contributed by atoms with Gasteiger partial charge in [-0.05, 0) is 28.8 Å². The van der Waals surface area contributed by atoms with Crippen LogP contribution < -0.4 is 0 Å². The van der Waals surface area contributed by atoms with E-state index in [-0.39, 0.29) is 0 Å². The van der Waals surface area contributed by atoms with Gasteiger partial charge in [-0.3, -0.25) is 4.79 Å². The molecule has 1 aliphatic rings. The number of thiophene rings is 1. The minimum absolute atomic E-state index is 0.297. The van der Waals surface area contributed by atoms with Crippen LogP contribution >= 0.6 is 27.3 Å². The number of hydrogen-bond acceptors (Lipinski definition) is 2. The van der Waals surface area contributed by atoms with Gasteiger partial charge in [0.25, 0.3) is 0 Å². The van der Waals surface area contributed by atoms with Crippen LogP contribution in [0.25, 0.3) is 0 Å². The lowest BCUT2D eigenvalue weighted by molar-refractivity contribution is 0.0922. The molecule has 13 heavy (non-hydrogen) atoms. The summed E-state index contributed by atoms with van der Waals surface area (Å²) in [4.78, 5) is 11.9. The van der Waals surface area contributed by atoms with Crippen molar-refractivity contribution in [3.05, 3.63) is 20.8 Å². The van der Waals surface area contributed by atoms with Crippen LogP contribution in [0.5, 0.6) is 0 Å². The van der Waals surface area contributed by atoms with E-state index in [0.29, 0.717) is 11.7 Å². The summed E-state index contributed by atoms with van der Waals surface area (Å²) in [5, 5.41) is 3.92. The Morgan fingerprint density at radius 1 is 1.38 bits per heavy atom. The van der Waals surface area contributed by atoms with Crippen LogP contribution in [-0.4, -0.2) is 5.78 Å². The second kappa shape index (κ2) is 3.93. The Bertz CT molecular complexity index is 312. The topological polar surface area (TPSA) is 17.1 Å². The summed E-state index contributed by atoms with van der Waals surface area (Å²) in [6.45, 7) is 0. The molecule has 1 fully saturated rings. The van der Waals surface area contributed by atoms with Gasteiger partial charge in [-0.2, -0.15) is 11.3 Å². The highest BCUT2D eigenvalue weighted by atomic mass is 79.9. The molecule has 1 saturated carbocycles. The van der Waals surface area contributed by atoms with Crippen LogP contribution in [-0.2, 0) is 0 Å². The van der Waals surface area contributed by atoms with Crippen molar-refractivity contribution in [1.82, 2.24) is 0 Å². The van der Waals surface area contributed by atoms with Crippen molar-refractivity contribution in [3.8, 4) is 0 Å². The van der Waals surface area contributed by atoms with Crippen LogP contribution in [0.2, 0.25) is 0 Å². The lowest BCUT2D eigenvalue weighted by Crippen LogP contribution is -2.10. The van der Waals surface area contributed by atoms with E-state index in [2.05, 4.69) is 15.9 Å². The fourth-order valence-electron chi connectivity index (χ4n) is 1.87. The van der Waals surface area contributed by atoms with Crippen molar-refractivity contribution in [2.45, 2.75) is 25.7 Å². The van der Waals surface area contributed by atoms with E-state index in [9.17, 15) is 4.79 Å². The van der Waals surface area contributed by atoms with Crippen LogP contribution in [0.3, 0.4) is 0 Å². The summed E-state index contributed by atoms with van der Waals surface area (Å²) in [7, 11) is 0. The van der Waals surface area contributed by atoms with E-state index < -0.39 is 0 Å². The van der Waals surface area contributed by atoms with Gasteiger partial charge in [0.2, 0.25) is 0 Å². The molecule has 0 aliphatic heterocycles. The van der Waals surface area contributed by atoms with E-state index in [1.54, 1.807) is 11.3 Å². The first-order chi connectivity index (χ1) is 6.29. The molecule has 1 aromatic heterocycles. The first kappa shape index (κ1) is 9.41. The van der Waals surface area contributed by atoms with Gasteiger partial charge >= 0.3 is 0 Å². The largest absolute Gasteiger partial charge is 0.294 e. The highest BCUT2D eigenvalue weighted by molar-refractivity contribution is 9.10. The molecule has 3 heteroatoms. The second-order valence-corrected chi connectivity index (χ2v) is 5.08. The smallest absolute Gasteiger partial charge is 0.167 e. The molecule has 0 N–H and O–H groups in total. The Morgan fingerprint density at radius 2 is 2.08 bits per heavy atom. The molecule has 1 heterocycles. The fraction of sp³-hybridized carbons (Fsp3) is 0.500. The molecule has 0 aromatic carbocycles. The molecule has 1 nitrogen and oxygen atoms in total. The first-order valence-electron chi connectivity index (χ1n) is 4.55. The molecule has 0 amide bonds. The van der Waals surface area contributed by atoms with Gasteiger partial charge in [0.1, 0.15) is 0 Å². The van der Waals surface area contributed by atoms with Crippen LogP contribution in [0, 0.1) is 5.92 Å². The summed E-state index contributed by atoms with van der Waals surface area (Å²) in [6.07, 6.45) is 4.61. The molecule has 1 aromatic rings. The molecular formula is C10H11BrOS. The minimum atomic E-state index is 0.297. The molecule has 0 unspecified atom stereocenters. The highest BCUT2D eigenvalue weighted by Gasteiger charge is 2.25. The Hall–Kier alpha value is -0.150. The van der Waals surface area contributed by atoms with Crippen molar-refractivity contribution in [2.24, 2.45) is 5.92 Å². The lowest BCUT2D eigenvalue weighted by Gasteiger charge is -2.05. The monoisotopic (exact) mass is 258 g/mol. The molecule has 0 saturated heterocycles. The number of halogens is 1. The molecule has 70 valence electrons. The van der Waals surface area contributed by atoms with E-state index in [4.69, 9.17) is 0 Å². The molecule has 2 rings (SSSR count). The maximum atomic E-state index is 11.9. The summed E-state index contributed by atoms with van der Waals surface area (Å²) >= 11 is 4.99. The van der Waals surface area contributed by atoms with E-state index in [1.165, 1.54) is 12.8 Å². The Balaban J connectivity index is 2.17. The molecule has 1 aliphatic carbocycles. The predicted molar refractivity (Wildman–Crippen MR) is 58.3 cm³/mol. The zero-order chi connectivity index (χ0) is 9.26. The van der Waals surface area contributed by atoms with Gasteiger partial charge in [0, 0.05) is 26.7 Å². The maximum Gasteiger partial charge on any atom is 0.167 e. The number of carbonyl (C=O) groups excluding carboxylic acids is 1. The van der Waals surface area contributed by atoms with E-state index >= 15 is 0 Å². The van der Waals surface area contributed by atoms with Crippen molar-refractivity contribution in [3.63, 3.8) is 0 Å². The summed E-state index contributed by atoms with van der Waals surface area (Å²) in [6, 6.07) is 0. The highest BCUT2D eigenvalue weighted by Crippen LogP contribution is 2.31. The van der Waals surface area contributed by atoms with Gasteiger partial charge in [-0.25, -0.2) is 0 Å². The van der Waals surface area contributed by atoms with Crippen LogP contribution in [0.15, 0.2) is 15.2 Å². The quantitative estimate of drug-likeness (QED) is 0.736. The van der Waals surface area contributed by atoms with E-state index in [0.717, 1.165) is 22.9 Å². The predicted octanol–water partition coefficient (Wildman–Crippen LogP) is 3.88. The molecular weight excluding hydrogens is 248 g/mol. The number of carbonyl (C=O) groups is 1. The number of Topliss-reactive ketones (excluding diaryl/α,β-unsaturated/α-hetero) is 1. The summed E-state index contributed by atoms with van der Waals surface area (Å²) < 4.78 is 0.967. The van der Waals surface area contributed by atoms with Crippen LogP contribution in [0.1, 0.15) is 36.0 Å². The van der Waals surface area contributed by atoms with Gasteiger partial charge in [0.15, 0.2) is 5.78 Å². The number of hydrogen-bond donors (Lipinski definition) is 0. The zero-order valence-electron chi connectivity index (χ0n) is 7.25. The Kier molecular flexibility index (Phi) is 2.84. The molecule has 0 spiro atoms. The Labute approximate surface area is 90.3 Å². The first-order valence-corrected chi connectivity index (χ1v) is 6.28. The maximum absolute atomic E-state index is 11.9.